The molecule has 0 aliphatic rings. The number of benzene rings is 2. The first-order valence-corrected chi connectivity index (χ1v) is 10.2. The van der Waals surface area contributed by atoms with E-state index in [9.17, 15) is 9.59 Å². The molecule has 6 heteroatoms. The average molecular weight is 413 g/mol. The molecule has 3 aromatic rings. The van der Waals surface area contributed by atoms with Crippen LogP contribution >= 0.6 is 22.9 Å². The van der Waals surface area contributed by atoms with Crippen molar-refractivity contribution in [2.45, 2.75) is 20.3 Å². The topological polar surface area (TPSA) is 58.2 Å². The summed E-state index contributed by atoms with van der Waals surface area (Å²) in [5.41, 5.74) is 2.63. The molecule has 0 fully saturated rings. The highest BCUT2D eigenvalue weighted by atomic mass is 35.5. The molecule has 0 aliphatic carbocycles. The van der Waals surface area contributed by atoms with Crippen LogP contribution in [0.15, 0.2) is 60.0 Å². The van der Waals surface area contributed by atoms with E-state index in [0.29, 0.717) is 32.8 Å². The second-order valence-electron chi connectivity index (χ2n) is 6.84. The zero-order valence-corrected chi connectivity index (χ0v) is 17.2. The molecule has 0 radical (unpaired) electrons. The highest BCUT2D eigenvalue weighted by molar-refractivity contribution is 7.12. The van der Waals surface area contributed by atoms with Gasteiger partial charge in [0.05, 0.1) is 5.56 Å². The predicted octanol–water partition coefficient (Wildman–Crippen LogP) is 6.10. The number of rotatable bonds is 6. The molecule has 0 saturated carbocycles. The second-order valence-corrected chi connectivity index (χ2v) is 8.16. The van der Waals surface area contributed by atoms with Crippen molar-refractivity contribution in [1.29, 1.82) is 0 Å². The number of anilines is 2. The lowest BCUT2D eigenvalue weighted by atomic mass is 10.00. The number of hydrogen-bond donors (Lipinski definition) is 2. The molecule has 3 rings (SSSR count). The molecule has 1 heterocycles. The average Bonchev–Trinajstić information content (AvgIpc) is 3.07. The van der Waals surface area contributed by atoms with Crippen molar-refractivity contribution < 1.29 is 9.59 Å². The Labute approximate surface area is 173 Å². The van der Waals surface area contributed by atoms with Gasteiger partial charge in [0.25, 0.3) is 11.8 Å². The summed E-state index contributed by atoms with van der Waals surface area (Å²) >= 11 is 7.20. The highest BCUT2D eigenvalue weighted by Crippen LogP contribution is 2.27. The van der Waals surface area contributed by atoms with E-state index in [4.69, 9.17) is 11.6 Å². The number of para-hydroxylation sites is 1. The first-order chi connectivity index (χ1) is 13.4. The van der Waals surface area contributed by atoms with Crippen LogP contribution < -0.4 is 10.6 Å². The van der Waals surface area contributed by atoms with E-state index >= 15 is 0 Å². The molecule has 0 atom stereocenters. The summed E-state index contributed by atoms with van der Waals surface area (Å²) in [6.45, 7) is 4.17. The molecule has 2 aromatic carbocycles. The molecule has 2 amide bonds. The van der Waals surface area contributed by atoms with Gasteiger partial charge in [-0.15, -0.1) is 11.3 Å². The van der Waals surface area contributed by atoms with Gasteiger partial charge in [-0.1, -0.05) is 43.6 Å². The lowest BCUT2D eigenvalue weighted by Gasteiger charge is -2.11. The summed E-state index contributed by atoms with van der Waals surface area (Å²) in [7, 11) is 0. The predicted molar refractivity (Wildman–Crippen MR) is 117 cm³/mol. The molecular weight excluding hydrogens is 392 g/mol. The van der Waals surface area contributed by atoms with Crippen molar-refractivity contribution >= 4 is 46.1 Å². The van der Waals surface area contributed by atoms with Gasteiger partial charge < -0.3 is 10.6 Å². The number of thiophene rings is 1. The van der Waals surface area contributed by atoms with Crippen LogP contribution in [0.3, 0.4) is 0 Å². The number of amides is 2. The lowest BCUT2D eigenvalue weighted by Crippen LogP contribution is -2.20. The molecule has 0 spiro atoms. The maximum Gasteiger partial charge on any atom is 0.266 e. The van der Waals surface area contributed by atoms with Crippen molar-refractivity contribution in [2.75, 3.05) is 10.6 Å². The van der Waals surface area contributed by atoms with Gasteiger partial charge in [-0.3, -0.25) is 9.59 Å². The van der Waals surface area contributed by atoms with E-state index in [1.807, 2.05) is 35.7 Å². The largest absolute Gasteiger partial charge is 0.322 e. The minimum atomic E-state index is -0.294. The third-order valence-corrected chi connectivity index (χ3v) is 5.34. The maximum atomic E-state index is 13.0. The summed E-state index contributed by atoms with van der Waals surface area (Å²) in [5.74, 6) is -0.216. The van der Waals surface area contributed by atoms with Gasteiger partial charge in [0.1, 0.15) is 4.88 Å². The molecule has 0 bridgehead atoms. The van der Waals surface area contributed by atoms with Gasteiger partial charge >= 0.3 is 0 Å². The Balaban J connectivity index is 1.90. The Morgan fingerprint density at radius 1 is 0.929 bits per heavy atom. The van der Waals surface area contributed by atoms with Crippen LogP contribution in [0.4, 0.5) is 11.4 Å². The zero-order chi connectivity index (χ0) is 20.1. The summed E-state index contributed by atoms with van der Waals surface area (Å²) < 4.78 is 0. The maximum absolute atomic E-state index is 13.0. The monoisotopic (exact) mass is 412 g/mol. The van der Waals surface area contributed by atoms with Crippen LogP contribution in [0.2, 0.25) is 5.02 Å². The quantitative estimate of drug-likeness (QED) is 0.513. The van der Waals surface area contributed by atoms with Crippen molar-refractivity contribution in [1.82, 2.24) is 0 Å². The number of carbonyl (C=O) groups excluding carboxylic acids is 2. The molecule has 4 nitrogen and oxygen atoms in total. The van der Waals surface area contributed by atoms with Gasteiger partial charge in [-0.05, 0) is 59.7 Å². The van der Waals surface area contributed by atoms with Crippen molar-refractivity contribution in [3.8, 4) is 0 Å². The lowest BCUT2D eigenvalue weighted by molar-refractivity contribution is 0.0993. The number of hydrogen-bond acceptors (Lipinski definition) is 3. The number of halogens is 1. The molecule has 1 aromatic heterocycles. The van der Waals surface area contributed by atoms with Gasteiger partial charge in [-0.25, -0.2) is 0 Å². The second kappa shape index (κ2) is 9.04. The van der Waals surface area contributed by atoms with E-state index in [1.54, 1.807) is 24.3 Å². The fourth-order valence-corrected chi connectivity index (χ4v) is 3.94. The van der Waals surface area contributed by atoms with E-state index in [0.717, 1.165) is 12.0 Å². The molecule has 2 N–H and O–H groups in total. The first kappa shape index (κ1) is 20.1. The number of carbonyl (C=O) groups is 2. The molecular formula is C22H21ClN2O2S. The minimum Gasteiger partial charge on any atom is -0.322 e. The van der Waals surface area contributed by atoms with Crippen LogP contribution in [0.1, 0.15) is 39.4 Å². The van der Waals surface area contributed by atoms with Crippen molar-refractivity contribution in [2.24, 2.45) is 5.92 Å². The van der Waals surface area contributed by atoms with E-state index in [-0.39, 0.29) is 11.8 Å². The summed E-state index contributed by atoms with van der Waals surface area (Å²) in [4.78, 5) is 26.3. The minimum absolute atomic E-state index is 0.285. The number of nitrogens with one attached hydrogen (secondary N) is 2. The van der Waals surface area contributed by atoms with E-state index < -0.39 is 0 Å². The van der Waals surface area contributed by atoms with Crippen LogP contribution in [0.25, 0.3) is 0 Å². The van der Waals surface area contributed by atoms with Gasteiger partial charge in [0, 0.05) is 16.4 Å². The van der Waals surface area contributed by atoms with E-state index in [1.165, 1.54) is 11.3 Å². The Hall–Kier alpha value is -2.63. The SMILES string of the molecule is CC(C)Cc1csc(C(=O)Nc2ccccc2)c1C(=O)Nc1ccc(Cl)cc1. The Bertz CT molecular complexity index is 966. The fraction of sp³-hybridized carbons (Fsp3) is 0.182. The molecule has 0 unspecified atom stereocenters. The normalized spacial score (nSPS) is 10.7. The standard InChI is InChI=1S/C22H21ClN2O2S/c1-14(2)12-15-13-28-20(22(27)25-17-6-4-3-5-7-17)19(15)21(26)24-18-10-8-16(23)9-11-18/h3-11,13-14H,12H2,1-2H3,(H,24,26)(H,25,27). The first-order valence-electron chi connectivity index (χ1n) is 8.97. The molecule has 144 valence electrons. The van der Waals surface area contributed by atoms with Crippen LogP contribution in [-0.2, 0) is 6.42 Å². The van der Waals surface area contributed by atoms with Crippen LogP contribution in [-0.4, -0.2) is 11.8 Å². The zero-order valence-electron chi connectivity index (χ0n) is 15.7. The fourth-order valence-electron chi connectivity index (χ4n) is 2.84. The highest BCUT2D eigenvalue weighted by Gasteiger charge is 2.24. The Morgan fingerprint density at radius 3 is 2.18 bits per heavy atom. The molecule has 0 saturated heterocycles. The van der Waals surface area contributed by atoms with E-state index in [2.05, 4.69) is 24.5 Å². The van der Waals surface area contributed by atoms with Crippen LogP contribution in [0, 0.1) is 5.92 Å². The summed E-state index contributed by atoms with van der Waals surface area (Å²) in [6, 6.07) is 16.1. The third-order valence-electron chi connectivity index (χ3n) is 4.06. The van der Waals surface area contributed by atoms with Crippen LogP contribution in [0.5, 0.6) is 0 Å². The van der Waals surface area contributed by atoms with Crippen molar-refractivity contribution in [3.63, 3.8) is 0 Å². The van der Waals surface area contributed by atoms with Crippen molar-refractivity contribution in [3.05, 3.63) is 81.0 Å². The molecule has 28 heavy (non-hydrogen) atoms. The molecule has 0 aliphatic heterocycles. The smallest absolute Gasteiger partial charge is 0.266 e. The third kappa shape index (κ3) is 5.00. The van der Waals surface area contributed by atoms with Gasteiger partial charge in [-0.2, -0.15) is 0 Å². The van der Waals surface area contributed by atoms with Gasteiger partial charge in [0.15, 0.2) is 0 Å². The Kier molecular flexibility index (Phi) is 6.49. The summed E-state index contributed by atoms with van der Waals surface area (Å²) in [6.07, 6.45) is 0.721. The van der Waals surface area contributed by atoms with Gasteiger partial charge in [0.2, 0.25) is 0 Å². The summed E-state index contributed by atoms with van der Waals surface area (Å²) in [5, 5.41) is 8.23. The Morgan fingerprint density at radius 2 is 1.54 bits per heavy atom.